The first-order chi connectivity index (χ1) is 11.3. The predicted octanol–water partition coefficient (Wildman–Crippen LogP) is 2.05. The van der Waals surface area contributed by atoms with E-state index >= 15 is 0 Å². The number of nitrogens with zero attached hydrogens (tertiary/aromatic N) is 3. The lowest BCUT2D eigenvalue weighted by molar-refractivity contribution is -0.00710. The Balaban J connectivity index is 1.66. The molecule has 0 spiro atoms. The summed E-state index contributed by atoms with van der Waals surface area (Å²) in [6.07, 6.45) is 3.28. The van der Waals surface area contributed by atoms with Crippen molar-refractivity contribution < 1.29 is 9.53 Å². The molecule has 134 valence electrons. The maximum Gasteiger partial charge on any atom is 0.269 e. The first-order valence-corrected chi connectivity index (χ1v) is 9.04. The van der Waals surface area contributed by atoms with Gasteiger partial charge in [0.05, 0.1) is 17.9 Å². The van der Waals surface area contributed by atoms with Gasteiger partial charge < -0.3 is 10.1 Å². The minimum Gasteiger partial charge on any atom is -0.369 e. The van der Waals surface area contributed by atoms with Crippen molar-refractivity contribution in [3.05, 3.63) is 17.0 Å². The van der Waals surface area contributed by atoms with E-state index < -0.39 is 0 Å². The van der Waals surface area contributed by atoms with E-state index in [-0.39, 0.29) is 23.7 Å². The van der Waals surface area contributed by atoms with Crippen LogP contribution < -0.4 is 5.32 Å². The van der Waals surface area contributed by atoms with E-state index in [1.807, 2.05) is 20.9 Å². The largest absolute Gasteiger partial charge is 0.369 e. The summed E-state index contributed by atoms with van der Waals surface area (Å²) in [5.41, 5.74) is 2.88. The second kappa shape index (κ2) is 6.48. The van der Waals surface area contributed by atoms with Gasteiger partial charge in [0.25, 0.3) is 5.91 Å². The number of nitrogens with one attached hydrogen (secondary N) is 1. The second-order valence-corrected chi connectivity index (χ2v) is 7.79. The SMILES string of the molecule is C[C@@H]1Cc2c(nn(C)c2C(=O)NCCN2CCCC2(C)C)[C@H](C)O1. The molecule has 24 heavy (non-hydrogen) atoms. The van der Waals surface area contributed by atoms with Crippen molar-refractivity contribution in [2.75, 3.05) is 19.6 Å². The van der Waals surface area contributed by atoms with Crippen LogP contribution in [-0.2, 0) is 18.2 Å². The van der Waals surface area contributed by atoms with E-state index in [0.29, 0.717) is 12.2 Å². The van der Waals surface area contributed by atoms with Crippen molar-refractivity contribution in [2.24, 2.45) is 7.05 Å². The molecule has 0 aromatic carbocycles. The predicted molar refractivity (Wildman–Crippen MR) is 93.1 cm³/mol. The van der Waals surface area contributed by atoms with Gasteiger partial charge in [-0.05, 0) is 47.1 Å². The van der Waals surface area contributed by atoms with Gasteiger partial charge in [0.1, 0.15) is 5.69 Å². The summed E-state index contributed by atoms with van der Waals surface area (Å²) in [5.74, 6) is -0.0236. The lowest BCUT2D eigenvalue weighted by Crippen LogP contribution is -2.43. The van der Waals surface area contributed by atoms with Crippen LogP contribution >= 0.6 is 0 Å². The Morgan fingerprint density at radius 2 is 2.17 bits per heavy atom. The molecule has 0 saturated carbocycles. The number of fused-ring (bicyclic) bond motifs is 1. The molecule has 1 aromatic rings. The fourth-order valence-electron chi connectivity index (χ4n) is 4.11. The third-order valence-corrected chi connectivity index (χ3v) is 5.44. The van der Waals surface area contributed by atoms with Crippen LogP contribution in [0.1, 0.15) is 68.4 Å². The quantitative estimate of drug-likeness (QED) is 0.915. The molecule has 0 unspecified atom stereocenters. The van der Waals surface area contributed by atoms with Crippen LogP contribution in [0.5, 0.6) is 0 Å². The first kappa shape index (κ1) is 17.4. The smallest absolute Gasteiger partial charge is 0.269 e. The van der Waals surface area contributed by atoms with Gasteiger partial charge in [-0.15, -0.1) is 0 Å². The minimum absolute atomic E-state index is 0.0236. The number of carbonyl (C=O) groups is 1. The van der Waals surface area contributed by atoms with Crippen LogP contribution in [0.15, 0.2) is 0 Å². The summed E-state index contributed by atoms with van der Waals surface area (Å²) in [6.45, 7) is 11.3. The number of hydrogen-bond donors (Lipinski definition) is 1. The zero-order valence-corrected chi connectivity index (χ0v) is 15.6. The average Bonchev–Trinajstić information content (AvgIpc) is 2.98. The zero-order chi connectivity index (χ0) is 17.5. The Morgan fingerprint density at radius 3 is 2.83 bits per heavy atom. The van der Waals surface area contributed by atoms with Gasteiger partial charge in [0.2, 0.25) is 0 Å². The molecule has 6 nitrogen and oxygen atoms in total. The van der Waals surface area contributed by atoms with Crippen molar-refractivity contribution in [2.45, 2.75) is 64.7 Å². The minimum atomic E-state index is -0.0538. The Morgan fingerprint density at radius 1 is 1.42 bits per heavy atom. The third kappa shape index (κ3) is 3.22. The van der Waals surface area contributed by atoms with Crippen LogP contribution in [0, 0.1) is 0 Å². The van der Waals surface area contributed by atoms with Crippen LogP contribution in [0.2, 0.25) is 0 Å². The summed E-state index contributed by atoms with van der Waals surface area (Å²) < 4.78 is 7.52. The number of carbonyl (C=O) groups excluding carboxylic acids is 1. The monoisotopic (exact) mass is 334 g/mol. The highest BCUT2D eigenvalue weighted by atomic mass is 16.5. The molecule has 1 fully saturated rings. The molecule has 1 amide bonds. The number of amides is 1. The lowest BCUT2D eigenvalue weighted by Gasteiger charge is -2.31. The normalized spacial score (nSPS) is 26.4. The Labute approximate surface area is 144 Å². The Hall–Kier alpha value is -1.40. The van der Waals surface area contributed by atoms with Crippen LogP contribution in [0.3, 0.4) is 0 Å². The van der Waals surface area contributed by atoms with Crippen molar-refractivity contribution in [1.82, 2.24) is 20.0 Å². The van der Waals surface area contributed by atoms with E-state index in [2.05, 4.69) is 29.2 Å². The lowest BCUT2D eigenvalue weighted by atomic mass is 9.99. The molecule has 2 aliphatic rings. The van der Waals surface area contributed by atoms with Gasteiger partial charge in [-0.2, -0.15) is 5.10 Å². The number of hydrogen-bond acceptors (Lipinski definition) is 4. The number of ether oxygens (including phenoxy) is 1. The Bertz CT molecular complexity index is 623. The standard InChI is InChI=1S/C18H30N4O2/c1-12-11-14-15(13(2)24-12)20-21(5)16(14)17(23)19-8-10-22-9-6-7-18(22,3)4/h12-13H,6-11H2,1-5H3,(H,19,23)/t12-,13+/m1/s1. The zero-order valence-electron chi connectivity index (χ0n) is 15.6. The van der Waals surface area contributed by atoms with Crippen molar-refractivity contribution in [3.8, 4) is 0 Å². The molecule has 1 saturated heterocycles. The molecule has 0 aliphatic carbocycles. The summed E-state index contributed by atoms with van der Waals surface area (Å²) in [5, 5.41) is 7.60. The molecule has 0 bridgehead atoms. The molecule has 3 heterocycles. The van der Waals surface area contributed by atoms with E-state index in [4.69, 9.17) is 4.74 Å². The van der Waals surface area contributed by atoms with E-state index in [9.17, 15) is 4.79 Å². The maximum absolute atomic E-state index is 12.7. The van der Waals surface area contributed by atoms with Gasteiger partial charge in [0, 0.05) is 37.7 Å². The maximum atomic E-state index is 12.7. The first-order valence-electron chi connectivity index (χ1n) is 9.04. The fraction of sp³-hybridized carbons (Fsp3) is 0.778. The van der Waals surface area contributed by atoms with Crippen molar-refractivity contribution in [1.29, 1.82) is 0 Å². The third-order valence-electron chi connectivity index (χ3n) is 5.44. The summed E-state index contributed by atoms with van der Waals surface area (Å²) >= 11 is 0. The molecule has 0 radical (unpaired) electrons. The molecule has 1 aromatic heterocycles. The summed E-state index contributed by atoms with van der Waals surface area (Å²) in [4.78, 5) is 15.2. The molecule has 3 rings (SSSR count). The molecular weight excluding hydrogens is 304 g/mol. The van der Waals surface area contributed by atoms with E-state index in [1.165, 1.54) is 12.8 Å². The second-order valence-electron chi connectivity index (χ2n) is 7.79. The number of aromatic nitrogens is 2. The van der Waals surface area contributed by atoms with Crippen molar-refractivity contribution in [3.63, 3.8) is 0 Å². The van der Waals surface area contributed by atoms with E-state index in [0.717, 1.165) is 30.8 Å². The molecule has 6 heteroatoms. The molecule has 1 N–H and O–H groups in total. The van der Waals surface area contributed by atoms with Gasteiger partial charge in [-0.3, -0.25) is 14.4 Å². The summed E-state index contributed by atoms with van der Waals surface area (Å²) in [6, 6.07) is 0. The number of likely N-dealkylation sites (tertiary alicyclic amines) is 1. The highest BCUT2D eigenvalue weighted by Crippen LogP contribution is 2.31. The van der Waals surface area contributed by atoms with Gasteiger partial charge in [-0.1, -0.05) is 0 Å². The van der Waals surface area contributed by atoms with Crippen LogP contribution in [0.25, 0.3) is 0 Å². The Kier molecular flexibility index (Phi) is 4.71. The highest BCUT2D eigenvalue weighted by molar-refractivity contribution is 5.94. The number of aryl methyl sites for hydroxylation is 1. The summed E-state index contributed by atoms with van der Waals surface area (Å²) in [7, 11) is 1.84. The highest BCUT2D eigenvalue weighted by Gasteiger charge is 2.33. The fourth-order valence-corrected chi connectivity index (χ4v) is 4.11. The van der Waals surface area contributed by atoms with E-state index in [1.54, 1.807) is 4.68 Å². The van der Waals surface area contributed by atoms with Gasteiger partial charge in [0.15, 0.2) is 0 Å². The van der Waals surface area contributed by atoms with Gasteiger partial charge >= 0.3 is 0 Å². The van der Waals surface area contributed by atoms with Crippen LogP contribution in [0.4, 0.5) is 0 Å². The topological polar surface area (TPSA) is 59.4 Å². The van der Waals surface area contributed by atoms with Crippen molar-refractivity contribution >= 4 is 5.91 Å². The molecular formula is C18H30N4O2. The number of rotatable bonds is 4. The van der Waals surface area contributed by atoms with Gasteiger partial charge in [-0.25, -0.2) is 0 Å². The van der Waals surface area contributed by atoms with Crippen LogP contribution in [-0.4, -0.2) is 51.9 Å². The average molecular weight is 334 g/mol. The molecule has 2 aliphatic heterocycles. The molecule has 2 atom stereocenters.